The third-order valence-corrected chi connectivity index (χ3v) is 9.77. The van der Waals surface area contributed by atoms with Gasteiger partial charge in [-0.2, -0.15) is 8.42 Å². The summed E-state index contributed by atoms with van der Waals surface area (Å²) in [6, 6.07) is 5.28. The van der Waals surface area contributed by atoms with Crippen molar-refractivity contribution in [2.45, 2.75) is 90.3 Å². The van der Waals surface area contributed by atoms with E-state index < -0.39 is 22.1 Å². The van der Waals surface area contributed by atoms with E-state index in [2.05, 4.69) is 31.5 Å². The Hall–Kier alpha value is -1.41. The van der Waals surface area contributed by atoms with Crippen molar-refractivity contribution in [1.29, 1.82) is 0 Å². The minimum absolute atomic E-state index is 0.130. The Morgan fingerprint density at radius 3 is 2.68 bits per heavy atom. The third-order valence-electron chi connectivity index (χ3n) is 9.37. The van der Waals surface area contributed by atoms with Gasteiger partial charge in [-0.05, 0) is 104 Å². The van der Waals surface area contributed by atoms with E-state index in [0.29, 0.717) is 36.5 Å². The first-order valence-electron chi connectivity index (χ1n) is 12.6. The third kappa shape index (κ3) is 4.69. The Balaban J connectivity index is 1.56. The lowest BCUT2D eigenvalue weighted by atomic mass is 9.52. The summed E-state index contributed by atoms with van der Waals surface area (Å²) in [7, 11) is -4.55. The second kappa shape index (κ2) is 8.91. The average Bonchev–Trinajstić information content (AvgIpc) is 3.01. The number of allylic oxidation sites excluding steroid dienone is 1. The molecule has 3 aliphatic carbocycles. The summed E-state index contributed by atoms with van der Waals surface area (Å²) in [6.45, 7) is 12.6. The van der Waals surface area contributed by atoms with Gasteiger partial charge in [-0.15, -0.1) is 0 Å². The van der Waals surface area contributed by atoms with E-state index in [4.69, 9.17) is 4.55 Å². The lowest BCUT2D eigenvalue weighted by Gasteiger charge is -2.53. The second-order valence-electron chi connectivity index (χ2n) is 11.8. The van der Waals surface area contributed by atoms with Crippen LogP contribution in [0.3, 0.4) is 0 Å². The Kier molecular flexibility index (Phi) is 6.73. The van der Waals surface area contributed by atoms with Crippen LogP contribution in [0.5, 0.6) is 5.75 Å². The predicted octanol–water partition coefficient (Wildman–Crippen LogP) is 5.05. The molecule has 4 rings (SSSR count). The molecule has 0 aliphatic heterocycles. The van der Waals surface area contributed by atoms with Crippen LogP contribution in [0.15, 0.2) is 30.4 Å². The van der Waals surface area contributed by atoms with Crippen molar-refractivity contribution >= 4 is 10.4 Å². The first-order valence-corrected chi connectivity index (χ1v) is 14.0. The van der Waals surface area contributed by atoms with E-state index in [-0.39, 0.29) is 17.1 Å². The molecule has 0 bridgehead atoms. The van der Waals surface area contributed by atoms with E-state index >= 15 is 0 Å². The lowest BCUT2D eigenvalue weighted by molar-refractivity contribution is -0.110. The van der Waals surface area contributed by atoms with E-state index in [1.165, 1.54) is 5.56 Å². The molecule has 34 heavy (non-hydrogen) atoms. The van der Waals surface area contributed by atoms with E-state index in [0.717, 1.165) is 43.2 Å². The van der Waals surface area contributed by atoms with Crippen LogP contribution in [-0.2, 0) is 16.8 Å². The molecule has 0 aromatic heterocycles. The first-order chi connectivity index (χ1) is 15.7. The molecule has 190 valence electrons. The van der Waals surface area contributed by atoms with Gasteiger partial charge in [-0.25, -0.2) is 0 Å². The van der Waals surface area contributed by atoms with Crippen molar-refractivity contribution in [3.63, 3.8) is 0 Å². The molecule has 3 aliphatic rings. The number of aliphatic hydroxyl groups excluding tert-OH is 1. The van der Waals surface area contributed by atoms with Crippen LogP contribution >= 0.6 is 0 Å². The maximum Gasteiger partial charge on any atom is 0.446 e. The van der Waals surface area contributed by atoms with Gasteiger partial charge in [0.05, 0.1) is 11.7 Å². The number of benzene rings is 1. The number of aliphatic hydroxyl groups is 2. The fourth-order valence-corrected chi connectivity index (χ4v) is 8.08. The molecule has 0 unspecified atom stereocenters. The summed E-state index contributed by atoms with van der Waals surface area (Å²) in [4.78, 5) is 0. The second-order valence-corrected chi connectivity index (χ2v) is 12.8. The Morgan fingerprint density at radius 1 is 1.32 bits per heavy atom. The van der Waals surface area contributed by atoms with Gasteiger partial charge in [0.2, 0.25) is 0 Å². The smallest absolute Gasteiger partial charge is 0.393 e. The van der Waals surface area contributed by atoms with Gasteiger partial charge >= 0.3 is 10.4 Å². The minimum atomic E-state index is -4.55. The van der Waals surface area contributed by atoms with E-state index in [9.17, 15) is 18.6 Å². The van der Waals surface area contributed by atoms with Gasteiger partial charge in [0.1, 0.15) is 5.75 Å². The summed E-state index contributed by atoms with van der Waals surface area (Å²) in [6.07, 6.45) is 5.23. The van der Waals surface area contributed by atoms with Gasteiger partial charge in [-0.3, -0.25) is 4.55 Å². The molecule has 7 heteroatoms. The van der Waals surface area contributed by atoms with Crippen molar-refractivity contribution < 1.29 is 27.4 Å². The van der Waals surface area contributed by atoms with Crippen LogP contribution in [0.4, 0.5) is 0 Å². The van der Waals surface area contributed by atoms with Crippen LogP contribution < -0.4 is 4.18 Å². The molecule has 1 aromatic rings. The number of rotatable bonds is 7. The van der Waals surface area contributed by atoms with Crippen molar-refractivity contribution in [2.24, 2.45) is 29.1 Å². The molecule has 2 saturated carbocycles. The molecule has 6 nitrogen and oxygen atoms in total. The number of hydrogen-bond acceptors (Lipinski definition) is 5. The van der Waals surface area contributed by atoms with Crippen molar-refractivity contribution in [2.75, 3.05) is 0 Å². The molecule has 0 radical (unpaired) electrons. The van der Waals surface area contributed by atoms with Crippen LogP contribution in [-0.4, -0.2) is 34.9 Å². The Morgan fingerprint density at radius 2 is 2.03 bits per heavy atom. The maximum absolute atomic E-state index is 11.6. The number of fused-ring (bicyclic) bond motifs is 5. The zero-order valence-corrected chi connectivity index (χ0v) is 21.6. The Bertz CT molecular complexity index is 1050. The minimum Gasteiger partial charge on any atom is -0.393 e. The molecule has 3 N–H and O–H groups in total. The number of aryl methyl sites for hydroxylation is 1. The summed E-state index contributed by atoms with van der Waals surface area (Å²) in [5.74, 6) is 1.44. The van der Waals surface area contributed by atoms with Crippen molar-refractivity contribution in [3.05, 3.63) is 41.5 Å². The maximum atomic E-state index is 11.6. The standard InChI is InChI=1S/C27H40O6S/c1-16(2)17(3)10-13-27(5,29)25-24(28)15-23-22-8-6-18-14-19(33-34(30,31)32)7-9-20(18)21(22)11-12-26(23,25)4/h7,9,14,16,21-25,28-29H,3,6,8,10-13,15H2,1-2,4-5H3,(H,30,31,32)/t21-,22-,23+,24+,25+,26+,27+/m1/s1. The number of hydrogen-bond donors (Lipinski definition) is 3. The molecule has 2 fully saturated rings. The van der Waals surface area contributed by atoms with E-state index in [1.807, 2.05) is 13.0 Å². The topological polar surface area (TPSA) is 104 Å². The van der Waals surface area contributed by atoms with Crippen LogP contribution in [0.25, 0.3) is 0 Å². The molecule has 0 spiro atoms. The van der Waals surface area contributed by atoms with Crippen molar-refractivity contribution in [3.8, 4) is 5.75 Å². The molecule has 0 saturated heterocycles. The predicted molar refractivity (Wildman–Crippen MR) is 132 cm³/mol. The van der Waals surface area contributed by atoms with Crippen LogP contribution in [0, 0.1) is 29.1 Å². The summed E-state index contributed by atoms with van der Waals surface area (Å²) in [5, 5.41) is 22.9. The van der Waals surface area contributed by atoms with Gasteiger partial charge < -0.3 is 14.4 Å². The van der Waals surface area contributed by atoms with Gasteiger partial charge in [0.15, 0.2) is 0 Å². The van der Waals surface area contributed by atoms with Crippen molar-refractivity contribution in [1.82, 2.24) is 0 Å². The summed E-state index contributed by atoms with van der Waals surface area (Å²) in [5.41, 5.74) is 2.34. The molecule has 1 aromatic carbocycles. The molecule has 0 heterocycles. The molecular weight excluding hydrogens is 452 g/mol. The summed E-state index contributed by atoms with van der Waals surface area (Å²) >= 11 is 0. The molecule has 0 amide bonds. The fraction of sp³-hybridized carbons (Fsp3) is 0.704. The average molecular weight is 493 g/mol. The van der Waals surface area contributed by atoms with E-state index in [1.54, 1.807) is 12.1 Å². The highest BCUT2D eigenvalue weighted by Gasteiger charge is 2.62. The zero-order valence-electron chi connectivity index (χ0n) is 20.8. The Labute approximate surface area is 204 Å². The SMILES string of the molecule is C=C(CC[C@](C)(O)[C@H]1[C@@H](O)C[C@H]2[C@@H]3CCc4cc(OS(=O)(=O)O)ccc4[C@H]3CC[C@@]21C)C(C)C. The largest absolute Gasteiger partial charge is 0.446 e. The fourth-order valence-electron chi connectivity index (χ4n) is 7.73. The van der Waals surface area contributed by atoms with Gasteiger partial charge in [0.25, 0.3) is 0 Å². The molecule has 7 atom stereocenters. The summed E-state index contributed by atoms with van der Waals surface area (Å²) < 4.78 is 35.9. The normalized spacial score (nSPS) is 34.6. The van der Waals surface area contributed by atoms with Crippen LogP contribution in [0.2, 0.25) is 0 Å². The zero-order chi connectivity index (χ0) is 25.1. The molecular formula is C27H40O6S. The lowest BCUT2D eigenvalue weighted by Crippen LogP contribution is -2.50. The van der Waals surface area contributed by atoms with Gasteiger partial charge in [0, 0.05) is 5.92 Å². The first kappa shape index (κ1) is 25.7. The highest BCUT2D eigenvalue weighted by Crippen LogP contribution is 2.65. The quantitative estimate of drug-likeness (QED) is 0.363. The highest BCUT2D eigenvalue weighted by molar-refractivity contribution is 7.81. The monoisotopic (exact) mass is 492 g/mol. The highest BCUT2D eigenvalue weighted by atomic mass is 32.3. The van der Waals surface area contributed by atoms with Crippen LogP contribution in [0.1, 0.15) is 83.3 Å². The van der Waals surface area contributed by atoms with Gasteiger partial charge in [-0.1, -0.05) is 39.0 Å².